The first-order chi connectivity index (χ1) is 14.5. The molecule has 1 aliphatic rings. The fraction of sp³-hybridized carbons (Fsp3) is 0.261. The monoisotopic (exact) mass is 404 g/mol. The fourth-order valence-corrected chi connectivity index (χ4v) is 3.74. The van der Waals surface area contributed by atoms with Crippen molar-refractivity contribution in [2.75, 3.05) is 23.9 Å². The minimum atomic E-state index is -0.314. The number of aryl methyl sites for hydroxylation is 1. The molecular formula is C23H24N4O3. The van der Waals surface area contributed by atoms with Gasteiger partial charge in [-0.15, -0.1) is 0 Å². The summed E-state index contributed by atoms with van der Waals surface area (Å²) in [6, 6.07) is 16.9. The minimum Gasteiger partial charge on any atom is -0.495 e. The van der Waals surface area contributed by atoms with E-state index in [9.17, 15) is 9.59 Å². The van der Waals surface area contributed by atoms with E-state index >= 15 is 0 Å². The SMILES string of the molecule is COc1ccccc1NC(=O)Cn1c(N2CCc3ccccc3C2)nc(C)cc1=O. The van der Waals surface area contributed by atoms with E-state index in [0.717, 1.165) is 13.0 Å². The number of nitrogens with zero attached hydrogens (tertiary/aromatic N) is 3. The molecule has 0 radical (unpaired) electrons. The van der Waals surface area contributed by atoms with Gasteiger partial charge in [-0.05, 0) is 36.6 Å². The first kappa shape index (κ1) is 19.7. The van der Waals surface area contributed by atoms with Crippen molar-refractivity contribution in [2.45, 2.75) is 26.4 Å². The smallest absolute Gasteiger partial charge is 0.255 e. The Balaban J connectivity index is 1.61. The van der Waals surface area contributed by atoms with Gasteiger partial charge in [0.2, 0.25) is 11.9 Å². The summed E-state index contributed by atoms with van der Waals surface area (Å²) in [4.78, 5) is 32.2. The first-order valence-corrected chi connectivity index (χ1v) is 9.88. The molecule has 30 heavy (non-hydrogen) atoms. The second-order valence-electron chi connectivity index (χ2n) is 7.31. The normalized spacial score (nSPS) is 12.9. The quantitative estimate of drug-likeness (QED) is 0.708. The van der Waals surface area contributed by atoms with Gasteiger partial charge < -0.3 is 15.0 Å². The van der Waals surface area contributed by atoms with Crippen LogP contribution in [0.2, 0.25) is 0 Å². The van der Waals surface area contributed by atoms with Crippen molar-refractivity contribution < 1.29 is 9.53 Å². The molecule has 0 fully saturated rings. The van der Waals surface area contributed by atoms with Gasteiger partial charge in [0.1, 0.15) is 12.3 Å². The van der Waals surface area contributed by atoms with Crippen molar-refractivity contribution >= 4 is 17.5 Å². The molecule has 2 aromatic carbocycles. The van der Waals surface area contributed by atoms with Gasteiger partial charge in [0.05, 0.1) is 12.8 Å². The number of rotatable bonds is 5. The Morgan fingerprint density at radius 3 is 2.67 bits per heavy atom. The first-order valence-electron chi connectivity index (χ1n) is 9.88. The van der Waals surface area contributed by atoms with Crippen LogP contribution in [0.15, 0.2) is 59.4 Å². The predicted molar refractivity (Wildman–Crippen MR) is 116 cm³/mol. The number of aromatic nitrogens is 2. The summed E-state index contributed by atoms with van der Waals surface area (Å²) in [5.74, 6) is 0.767. The zero-order chi connectivity index (χ0) is 21.1. The number of methoxy groups -OCH3 is 1. The van der Waals surface area contributed by atoms with Crippen LogP contribution in [0.3, 0.4) is 0 Å². The summed E-state index contributed by atoms with van der Waals surface area (Å²) in [6.45, 7) is 3.06. The lowest BCUT2D eigenvalue weighted by Gasteiger charge is -2.31. The average Bonchev–Trinajstić information content (AvgIpc) is 2.75. The summed E-state index contributed by atoms with van der Waals surface area (Å²) >= 11 is 0. The van der Waals surface area contributed by atoms with Crippen LogP contribution >= 0.6 is 0 Å². The van der Waals surface area contributed by atoms with Crippen LogP contribution in [0.4, 0.5) is 11.6 Å². The van der Waals surface area contributed by atoms with Gasteiger partial charge in [0.25, 0.3) is 5.56 Å². The molecule has 3 aromatic rings. The summed E-state index contributed by atoms with van der Waals surface area (Å²) in [5, 5.41) is 2.83. The molecule has 1 N–H and O–H groups in total. The topological polar surface area (TPSA) is 76.5 Å². The second-order valence-corrected chi connectivity index (χ2v) is 7.31. The maximum Gasteiger partial charge on any atom is 0.255 e. The van der Waals surface area contributed by atoms with E-state index in [0.29, 0.717) is 29.6 Å². The molecule has 0 spiro atoms. The van der Waals surface area contributed by atoms with E-state index in [1.54, 1.807) is 26.2 Å². The Hall–Kier alpha value is -3.61. The third-order valence-electron chi connectivity index (χ3n) is 5.21. The molecule has 1 amide bonds. The zero-order valence-electron chi connectivity index (χ0n) is 17.1. The molecule has 7 heteroatoms. The Morgan fingerprint density at radius 1 is 1.13 bits per heavy atom. The molecule has 0 aliphatic carbocycles. The maximum atomic E-state index is 12.8. The molecule has 154 valence electrons. The molecule has 1 aliphatic heterocycles. The largest absolute Gasteiger partial charge is 0.495 e. The van der Waals surface area contributed by atoms with E-state index in [1.807, 2.05) is 24.3 Å². The fourth-order valence-electron chi connectivity index (χ4n) is 3.74. The summed E-state index contributed by atoms with van der Waals surface area (Å²) < 4.78 is 6.72. The molecule has 4 rings (SSSR count). The third kappa shape index (κ3) is 4.05. The van der Waals surface area contributed by atoms with Gasteiger partial charge >= 0.3 is 0 Å². The number of fused-ring (bicyclic) bond motifs is 1. The van der Waals surface area contributed by atoms with Crippen LogP contribution in [0.5, 0.6) is 5.75 Å². The van der Waals surface area contributed by atoms with Crippen LogP contribution in [0, 0.1) is 6.92 Å². The lowest BCUT2D eigenvalue weighted by atomic mass is 10.0. The molecular weight excluding hydrogens is 380 g/mol. The zero-order valence-corrected chi connectivity index (χ0v) is 17.1. The number of nitrogens with one attached hydrogen (secondary N) is 1. The van der Waals surface area contributed by atoms with Crippen LogP contribution < -0.4 is 20.5 Å². The van der Waals surface area contributed by atoms with Gasteiger partial charge in [0.15, 0.2) is 0 Å². The number of para-hydroxylation sites is 2. The van der Waals surface area contributed by atoms with Gasteiger partial charge in [-0.25, -0.2) is 4.98 Å². The highest BCUT2D eigenvalue weighted by atomic mass is 16.5. The third-order valence-corrected chi connectivity index (χ3v) is 5.21. The number of ether oxygens (including phenoxy) is 1. The molecule has 7 nitrogen and oxygen atoms in total. The maximum absolute atomic E-state index is 12.8. The highest BCUT2D eigenvalue weighted by molar-refractivity contribution is 5.92. The number of amides is 1. The van der Waals surface area contributed by atoms with E-state index in [2.05, 4.69) is 27.3 Å². The number of anilines is 2. The van der Waals surface area contributed by atoms with Gasteiger partial charge in [-0.2, -0.15) is 0 Å². The number of hydrogen-bond acceptors (Lipinski definition) is 5. The predicted octanol–water partition coefficient (Wildman–Crippen LogP) is 2.76. The highest BCUT2D eigenvalue weighted by Gasteiger charge is 2.22. The van der Waals surface area contributed by atoms with Crippen molar-refractivity contribution in [3.05, 3.63) is 81.8 Å². The number of benzene rings is 2. The number of hydrogen-bond donors (Lipinski definition) is 1. The Labute approximate surface area is 174 Å². The van der Waals surface area contributed by atoms with Gasteiger partial charge in [-0.1, -0.05) is 36.4 Å². The number of carbonyl (C=O) groups is 1. The molecule has 0 bridgehead atoms. The van der Waals surface area contributed by atoms with Crippen LogP contribution in [-0.4, -0.2) is 29.1 Å². The molecule has 0 saturated heterocycles. The Morgan fingerprint density at radius 2 is 1.87 bits per heavy atom. The van der Waals surface area contributed by atoms with Gasteiger partial charge in [0, 0.05) is 24.8 Å². The average molecular weight is 404 g/mol. The standard InChI is InChI=1S/C23H24N4O3/c1-16-13-22(29)27(15-21(28)25-19-9-5-6-10-20(19)30-2)23(24-16)26-12-11-17-7-3-4-8-18(17)14-26/h3-10,13H,11-12,14-15H2,1-2H3,(H,25,28). The summed E-state index contributed by atoms with van der Waals surface area (Å²) in [7, 11) is 1.55. The lowest BCUT2D eigenvalue weighted by Crippen LogP contribution is -2.38. The van der Waals surface area contributed by atoms with Gasteiger partial charge in [-0.3, -0.25) is 14.2 Å². The molecule has 0 atom stereocenters. The van der Waals surface area contributed by atoms with E-state index in [4.69, 9.17) is 4.74 Å². The molecule has 0 unspecified atom stereocenters. The summed E-state index contributed by atoms with van der Waals surface area (Å²) in [6.07, 6.45) is 0.868. The van der Waals surface area contributed by atoms with Crippen molar-refractivity contribution in [3.63, 3.8) is 0 Å². The second kappa shape index (κ2) is 8.41. The Bertz CT molecular complexity index is 1140. The van der Waals surface area contributed by atoms with Crippen LogP contribution in [0.1, 0.15) is 16.8 Å². The van der Waals surface area contributed by atoms with Crippen molar-refractivity contribution in [3.8, 4) is 5.75 Å². The summed E-state index contributed by atoms with van der Waals surface area (Å²) in [5.41, 5.74) is 3.47. The van der Waals surface area contributed by atoms with Crippen LogP contribution in [0.25, 0.3) is 0 Å². The Kier molecular flexibility index (Phi) is 5.52. The van der Waals surface area contributed by atoms with E-state index < -0.39 is 0 Å². The van der Waals surface area contributed by atoms with E-state index in [1.165, 1.54) is 21.8 Å². The van der Waals surface area contributed by atoms with Crippen LogP contribution in [-0.2, 0) is 24.3 Å². The minimum absolute atomic E-state index is 0.127. The molecule has 0 saturated carbocycles. The molecule has 2 heterocycles. The molecule has 1 aromatic heterocycles. The van der Waals surface area contributed by atoms with Crippen molar-refractivity contribution in [1.82, 2.24) is 9.55 Å². The van der Waals surface area contributed by atoms with E-state index in [-0.39, 0.29) is 18.0 Å². The lowest BCUT2D eigenvalue weighted by molar-refractivity contribution is -0.116. The highest BCUT2D eigenvalue weighted by Crippen LogP contribution is 2.24. The van der Waals surface area contributed by atoms with Crippen molar-refractivity contribution in [2.24, 2.45) is 0 Å². The van der Waals surface area contributed by atoms with Crippen molar-refractivity contribution in [1.29, 1.82) is 0 Å². The number of carbonyl (C=O) groups excluding carboxylic acids is 1.